The van der Waals surface area contributed by atoms with Crippen molar-refractivity contribution in [2.75, 3.05) is 13.2 Å². The minimum Gasteiger partial charge on any atom is -0.304 e. The third-order valence-electron chi connectivity index (χ3n) is 2.67. The lowest BCUT2D eigenvalue weighted by Crippen LogP contribution is -2.26. The number of alkyl halides is 3. The highest BCUT2D eigenvalue weighted by atomic mass is 31.2. The lowest BCUT2D eigenvalue weighted by Gasteiger charge is -2.21. The summed E-state index contributed by atoms with van der Waals surface area (Å²) in [5.41, 5.74) is -1.89. The second kappa shape index (κ2) is 9.11. The summed E-state index contributed by atoms with van der Waals surface area (Å²) in [6.07, 6.45) is -4.46. The monoisotopic (exact) mass is 365 g/mol. The van der Waals surface area contributed by atoms with E-state index in [1.165, 1.54) is 24.3 Å². The zero-order valence-electron chi connectivity index (χ0n) is 13.4. The van der Waals surface area contributed by atoms with Gasteiger partial charge in [-0.15, -0.1) is 0 Å². The molecule has 0 aliphatic rings. The van der Waals surface area contributed by atoms with Crippen LogP contribution in [0.5, 0.6) is 0 Å². The van der Waals surface area contributed by atoms with Crippen molar-refractivity contribution in [1.82, 2.24) is 0 Å². The first-order valence-electron chi connectivity index (χ1n) is 7.39. The fourth-order valence-electron chi connectivity index (χ4n) is 1.60. The van der Waals surface area contributed by atoms with Gasteiger partial charge in [0.15, 0.2) is 0 Å². The smallest absolute Gasteiger partial charge is 0.304 e. The molecule has 0 saturated heterocycles. The summed E-state index contributed by atoms with van der Waals surface area (Å²) in [7, 11) is -4.75. The van der Waals surface area contributed by atoms with E-state index in [4.69, 9.17) is 9.05 Å². The van der Waals surface area contributed by atoms with Gasteiger partial charge in [0.05, 0.1) is 13.2 Å². The molecular formula is C15H19F3NO4P. The third kappa shape index (κ3) is 5.85. The summed E-state index contributed by atoms with van der Waals surface area (Å²) < 4.78 is 62.3. The Bertz CT molecular complexity index is 605. The van der Waals surface area contributed by atoms with E-state index in [1.54, 1.807) is 19.9 Å². The van der Waals surface area contributed by atoms with E-state index in [2.05, 4.69) is 4.99 Å². The van der Waals surface area contributed by atoms with Crippen molar-refractivity contribution < 1.29 is 31.6 Å². The van der Waals surface area contributed by atoms with Crippen LogP contribution < -0.4 is 0 Å². The van der Waals surface area contributed by atoms with E-state index in [1.807, 2.05) is 0 Å². The third-order valence-corrected chi connectivity index (χ3v) is 4.59. The number of hydrogen-bond donors (Lipinski definition) is 0. The van der Waals surface area contributed by atoms with Crippen LogP contribution in [0.25, 0.3) is 0 Å². The van der Waals surface area contributed by atoms with Crippen molar-refractivity contribution in [2.45, 2.75) is 32.9 Å². The van der Waals surface area contributed by atoms with E-state index >= 15 is 0 Å². The zero-order chi connectivity index (χ0) is 18.2. The molecule has 1 amide bonds. The second-order valence-corrected chi connectivity index (χ2v) is 6.70. The standard InChI is InChI=1S/C15H19F3NO4P/c1-3-10-22-24(21,23-11-4-2)14(15(16,17)18)19-13(20)12-8-6-5-7-9-12/h5-9H,3-4,10-11H2,1-2H3. The van der Waals surface area contributed by atoms with E-state index in [0.717, 1.165) is 0 Å². The first-order valence-corrected chi connectivity index (χ1v) is 8.93. The highest BCUT2D eigenvalue weighted by Crippen LogP contribution is 2.54. The maximum atomic E-state index is 13.3. The molecule has 0 fully saturated rings. The number of nitrogens with zero attached hydrogens (tertiary/aromatic N) is 1. The van der Waals surface area contributed by atoms with Gasteiger partial charge in [-0.25, -0.2) is 0 Å². The SMILES string of the molecule is CCCOP(=O)(OCCC)C(=NC(=O)c1ccccc1)C(F)(F)F. The Morgan fingerprint density at radius 2 is 1.58 bits per heavy atom. The summed E-state index contributed by atoms with van der Waals surface area (Å²) in [4.78, 5) is 15.0. The molecule has 0 radical (unpaired) electrons. The molecule has 0 aromatic heterocycles. The maximum absolute atomic E-state index is 13.3. The van der Waals surface area contributed by atoms with E-state index in [9.17, 15) is 22.5 Å². The van der Waals surface area contributed by atoms with Crippen molar-refractivity contribution in [3.05, 3.63) is 35.9 Å². The van der Waals surface area contributed by atoms with Gasteiger partial charge in [-0.3, -0.25) is 9.36 Å². The van der Waals surface area contributed by atoms with Gasteiger partial charge in [0, 0.05) is 5.56 Å². The van der Waals surface area contributed by atoms with Crippen LogP contribution >= 0.6 is 7.60 Å². The molecule has 0 heterocycles. The molecule has 5 nitrogen and oxygen atoms in total. The van der Waals surface area contributed by atoms with Gasteiger partial charge >= 0.3 is 13.8 Å². The molecule has 0 aliphatic carbocycles. The van der Waals surface area contributed by atoms with Gasteiger partial charge in [-0.1, -0.05) is 32.0 Å². The molecule has 1 aromatic carbocycles. The number of benzene rings is 1. The largest absolute Gasteiger partial charge is 0.441 e. The predicted molar refractivity (Wildman–Crippen MR) is 84.4 cm³/mol. The first-order chi connectivity index (χ1) is 11.2. The molecule has 0 atom stereocenters. The molecule has 134 valence electrons. The number of halogens is 3. The Labute approximate surface area is 138 Å². The summed E-state index contributed by atoms with van der Waals surface area (Å²) in [6, 6.07) is 7.19. The number of rotatable bonds is 8. The maximum Gasteiger partial charge on any atom is 0.441 e. The zero-order valence-corrected chi connectivity index (χ0v) is 14.3. The summed E-state index contributed by atoms with van der Waals surface area (Å²) in [5, 5.41) is 0. The van der Waals surface area contributed by atoms with Crippen LogP contribution in [0.15, 0.2) is 35.3 Å². The van der Waals surface area contributed by atoms with Crippen molar-refractivity contribution in [3.8, 4) is 0 Å². The van der Waals surface area contributed by atoms with Crippen molar-refractivity contribution in [1.29, 1.82) is 0 Å². The first kappa shape index (κ1) is 20.5. The van der Waals surface area contributed by atoms with Crippen LogP contribution in [-0.4, -0.2) is 30.8 Å². The minimum absolute atomic E-state index is 0.0585. The van der Waals surface area contributed by atoms with Crippen LogP contribution in [0.1, 0.15) is 37.0 Å². The lowest BCUT2D eigenvalue weighted by molar-refractivity contribution is -0.0574. The predicted octanol–water partition coefficient (Wildman–Crippen LogP) is 4.83. The number of carbonyl (C=O) groups excluding carboxylic acids is 1. The average molecular weight is 365 g/mol. The van der Waals surface area contributed by atoms with Crippen LogP contribution in [0, 0.1) is 0 Å². The molecule has 24 heavy (non-hydrogen) atoms. The Morgan fingerprint density at radius 1 is 1.08 bits per heavy atom. The normalized spacial score (nSPS) is 13.1. The van der Waals surface area contributed by atoms with E-state index < -0.39 is 25.1 Å². The quantitative estimate of drug-likeness (QED) is 0.489. The molecular weight excluding hydrogens is 346 g/mol. The number of hydrogen-bond acceptors (Lipinski definition) is 4. The van der Waals surface area contributed by atoms with Gasteiger partial charge in [0.1, 0.15) is 0 Å². The van der Waals surface area contributed by atoms with Crippen LogP contribution in [0.3, 0.4) is 0 Å². The van der Waals surface area contributed by atoms with Crippen molar-refractivity contribution in [3.63, 3.8) is 0 Å². The molecule has 0 unspecified atom stereocenters. The van der Waals surface area contributed by atoms with Gasteiger partial charge in [-0.05, 0) is 25.0 Å². The van der Waals surface area contributed by atoms with Gasteiger partial charge in [0.25, 0.3) is 5.91 Å². The number of aliphatic imine (C=N–C) groups is 1. The van der Waals surface area contributed by atoms with Crippen molar-refractivity contribution in [2.24, 2.45) is 4.99 Å². The molecule has 0 bridgehead atoms. The summed E-state index contributed by atoms with van der Waals surface area (Å²) >= 11 is 0. The van der Waals surface area contributed by atoms with E-state index in [-0.39, 0.29) is 18.8 Å². The summed E-state index contributed by atoms with van der Waals surface area (Å²) in [6.45, 7) is 2.86. The molecule has 0 aliphatic heterocycles. The van der Waals surface area contributed by atoms with Crippen LogP contribution in [0.4, 0.5) is 13.2 Å². The number of carbonyl (C=O) groups is 1. The Balaban J connectivity index is 3.29. The fraction of sp³-hybridized carbons (Fsp3) is 0.467. The summed E-state index contributed by atoms with van der Waals surface area (Å²) in [5.74, 6) is -1.16. The van der Waals surface area contributed by atoms with Crippen molar-refractivity contribution >= 4 is 19.0 Å². The van der Waals surface area contributed by atoms with Crippen LogP contribution in [0.2, 0.25) is 0 Å². The fourth-order valence-corrected chi connectivity index (χ4v) is 3.29. The average Bonchev–Trinajstić information content (AvgIpc) is 2.55. The molecule has 1 aromatic rings. The molecule has 0 saturated carbocycles. The Kier molecular flexibility index (Phi) is 7.79. The van der Waals surface area contributed by atoms with Crippen LogP contribution in [-0.2, 0) is 13.6 Å². The Hall–Kier alpha value is -1.50. The Morgan fingerprint density at radius 3 is 2.00 bits per heavy atom. The lowest BCUT2D eigenvalue weighted by atomic mass is 10.2. The van der Waals surface area contributed by atoms with Gasteiger partial charge < -0.3 is 9.05 Å². The molecule has 9 heteroatoms. The van der Waals surface area contributed by atoms with E-state index in [0.29, 0.717) is 12.8 Å². The van der Waals surface area contributed by atoms with Gasteiger partial charge in [0.2, 0.25) is 5.45 Å². The second-order valence-electron chi connectivity index (χ2n) is 4.77. The molecule has 0 N–H and O–H groups in total. The van der Waals surface area contributed by atoms with Gasteiger partial charge in [-0.2, -0.15) is 18.2 Å². The highest BCUT2D eigenvalue weighted by Gasteiger charge is 2.51. The molecule has 0 spiro atoms. The topological polar surface area (TPSA) is 65.0 Å². The highest BCUT2D eigenvalue weighted by molar-refractivity contribution is 7.72. The number of amides is 1. The minimum atomic E-state index is -5.12. The molecule has 1 rings (SSSR count).